The van der Waals surface area contributed by atoms with E-state index in [1.54, 1.807) is 49.3 Å². The van der Waals surface area contributed by atoms with Crippen molar-refractivity contribution in [1.82, 2.24) is 25.8 Å². The quantitative estimate of drug-likeness (QED) is 0.309. The molecule has 3 fully saturated rings. The van der Waals surface area contributed by atoms with Crippen LogP contribution in [-0.2, 0) is 28.8 Å². The fourth-order valence-corrected chi connectivity index (χ4v) is 6.38. The molecule has 1 heterocycles. The molecule has 0 bridgehead atoms. The van der Waals surface area contributed by atoms with Crippen molar-refractivity contribution in [3.63, 3.8) is 0 Å². The summed E-state index contributed by atoms with van der Waals surface area (Å²) in [6, 6.07) is 6.01. The molecule has 1 saturated heterocycles. The Hall–Kier alpha value is -3.76. The van der Waals surface area contributed by atoms with Gasteiger partial charge in [0.15, 0.2) is 0 Å². The minimum absolute atomic E-state index is 0.0111. The van der Waals surface area contributed by atoms with E-state index in [1.165, 1.54) is 4.90 Å². The van der Waals surface area contributed by atoms with Gasteiger partial charge in [0.05, 0.1) is 12.6 Å². The minimum Gasteiger partial charge on any atom is -0.347 e. The molecule has 2 aliphatic carbocycles. The van der Waals surface area contributed by atoms with Crippen LogP contribution in [-0.4, -0.2) is 84.4 Å². The van der Waals surface area contributed by atoms with Gasteiger partial charge < -0.3 is 25.8 Å². The van der Waals surface area contributed by atoms with Crippen molar-refractivity contribution in [2.75, 3.05) is 27.2 Å². The molecule has 4 unspecified atom stereocenters. The molecule has 0 radical (unpaired) electrons. The molecule has 0 aromatic heterocycles. The molecule has 240 valence electrons. The van der Waals surface area contributed by atoms with Gasteiger partial charge in [-0.05, 0) is 40.6 Å². The van der Waals surface area contributed by atoms with Gasteiger partial charge in [0.25, 0.3) is 5.91 Å². The summed E-state index contributed by atoms with van der Waals surface area (Å²) in [5.74, 6) is -2.89. The number of piperidine rings is 1. The molecular weight excluding hydrogens is 562 g/mol. The van der Waals surface area contributed by atoms with Crippen LogP contribution in [0.2, 0.25) is 0 Å². The van der Waals surface area contributed by atoms with E-state index in [-0.39, 0.29) is 40.4 Å². The second kappa shape index (κ2) is 12.7. The Morgan fingerprint density at radius 3 is 2.20 bits per heavy atom. The van der Waals surface area contributed by atoms with Crippen LogP contribution in [0.3, 0.4) is 0 Å². The zero-order valence-corrected chi connectivity index (χ0v) is 26.9. The molecule has 5 atom stereocenters. The van der Waals surface area contributed by atoms with E-state index in [0.29, 0.717) is 24.9 Å². The standard InChI is InChI=1S/C33H47N5O6/c1-32(2,3)16-24(40)38-18-21-25(33(21,4)5)27(38)29(42)35-22(15-19-13-14-19)28(41)30(43)34-17-23(39)36-26(31(44)37(6)7)20-11-9-8-10-12-20/h8-12,19,21-22,25-27H,13-18H2,1-7H3,(H,34,43)(H,35,42)(H,36,39)/t21?,22?,25?,26-,27?/m0/s1. The lowest BCUT2D eigenvalue weighted by Gasteiger charge is -2.33. The van der Waals surface area contributed by atoms with Gasteiger partial charge in [-0.2, -0.15) is 0 Å². The molecule has 44 heavy (non-hydrogen) atoms. The van der Waals surface area contributed by atoms with Crippen molar-refractivity contribution in [3.05, 3.63) is 35.9 Å². The normalized spacial score (nSPS) is 23.1. The Morgan fingerprint density at radius 1 is 1.00 bits per heavy atom. The van der Waals surface area contributed by atoms with Crippen molar-refractivity contribution in [2.24, 2.45) is 28.6 Å². The first kappa shape index (κ1) is 33.1. The smallest absolute Gasteiger partial charge is 0.290 e. The number of carbonyl (C=O) groups is 6. The number of ketones is 1. The first-order valence-electron chi connectivity index (χ1n) is 15.5. The number of hydrogen-bond donors (Lipinski definition) is 3. The fourth-order valence-electron chi connectivity index (χ4n) is 6.38. The van der Waals surface area contributed by atoms with Crippen LogP contribution in [0.5, 0.6) is 0 Å². The number of carbonyl (C=O) groups excluding carboxylic acids is 6. The van der Waals surface area contributed by atoms with Gasteiger partial charge in [-0.15, -0.1) is 0 Å². The highest BCUT2D eigenvalue weighted by molar-refractivity contribution is 6.38. The summed E-state index contributed by atoms with van der Waals surface area (Å²) in [5.41, 5.74) is 0.250. The highest BCUT2D eigenvalue weighted by Gasteiger charge is 2.69. The van der Waals surface area contributed by atoms with Gasteiger partial charge in [-0.3, -0.25) is 28.8 Å². The number of nitrogens with zero attached hydrogens (tertiary/aromatic N) is 2. The fraction of sp³-hybridized carbons (Fsp3) is 0.636. The molecule has 0 spiro atoms. The van der Waals surface area contributed by atoms with Crippen LogP contribution in [0.1, 0.15) is 71.9 Å². The lowest BCUT2D eigenvalue weighted by molar-refractivity contribution is -0.144. The first-order chi connectivity index (χ1) is 20.5. The van der Waals surface area contributed by atoms with Crippen molar-refractivity contribution in [1.29, 1.82) is 0 Å². The zero-order chi connectivity index (χ0) is 32.6. The molecule has 3 N–H and O–H groups in total. The van der Waals surface area contributed by atoms with Crippen LogP contribution in [0.15, 0.2) is 30.3 Å². The van der Waals surface area contributed by atoms with Crippen molar-refractivity contribution in [2.45, 2.75) is 78.4 Å². The van der Waals surface area contributed by atoms with Crippen molar-refractivity contribution < 1.29 is 28.8 Å². The lowest BCUT2D eigenvalue weighted by Crippen LogP contribution is -2.56. The van der Waals surface area contributed by atoms with Crippen LogP contribution < -0.4 is 16.0 Å². The van der Waals surface area contributed by atoms with E-state index in [4.69, 9.17) is 0 Å². The summed E-state index contributed by atoms with van der Waals surface area (Å²) in [7, 11) is 3.16. The topological polar surface area (TPSA) is 145 Å². The lowest BCUT2D eigenvalue weighted by atomic mass is 9.90. The number of likely N-dealkylation sites (tertiary alicyclic amines) is 1. The molecule has 11 heteroatoms. The maximum atomic E-state index is 13.7. The molecule has 4 rings (SSSR count). The number of amides is 5. The van der Waals surface area contributed by atoms with E-state index >= 15 is 0 Å². The number of hydrogen-bond acceptors (Lipinski definition) is 6. The monoisotopic (exact) mass is 609 g/mol. The van der Waals surface area contributed by atoms with E-state index in [1.807, 2.05) is 20.8 Å². The van der Waals surface area contributed by atoms with Crippen LogP contribution >= 0.6 is 0 Å². The van der Waals surface area contributed by atoms with Crippen LogP contribution in [0, 0.1) is 28.6 Å². The number of fused-ring (bicyclic) bond motifs is 1. The number of rotatable bonds is 12. The van der Waals surface area contributed by atoms with Gasteiger partial charge in [-0.25, -0.2) is 0 Å². The van der Waals surface area contributed by atoms with E-state index in [9.17, 15) is 28.8 Å². The summed E-state index contributed by atoms with van der Waals surface area (Å²) in [6.07, 6.45) is 2.43. The van der Waals surface area contributed by atoms with Crippen LogP contribution in [0.4, 0.5) is 0 Å². The third-order valence-corrected chi connectivity index (χ3v) is 9.14. The van der Waals surface area contributed by atoms with Gasteiger partial charge in [0.1, 0.15) is 12.1 Å². The van der Waals surface area contributed by atoms with E-state index in [0.717, 1.165) is 12.8 Å². The van der Waals surface area contributed by atoms with Crippen molar-refractivity contribution in [3.8, 4) is 0 Å². The Labute approximate surface area is 259 Å². The Morgan fingerprint density at radius 2 is 1.64 bits per heavy atom. The SMILES string of the molecule is CN(C)C(=O)[C@@H](NC(=O)CNC(=O)C(=O)C(CC1CC1)NC(=O)C1C2C(CN1C(=O)CC(C)(C)C)C2(C)C)c1ccccc1. The van der Waals surface area contributed by atoms with Crippen LogP contribution in [0.25, 0.3) is 0 Å². The maximum Gasteiger partial charge on any atom is 0.290 e. The average molecular weight is 610 g/mol. The molecular formula is C33H47N5O6. The molecule has 1 aromatic rings. The second-order valence-corrected chi connectivity index (χ2v) is 14.6. The molecule has 2 saturated carbocycles. The Bertz CT molecular complexity index is 1300. The van der Waals surface area contributed by atoms with Gasteiger partial charge in [-0.1, -0.05) is 77.8 Å². The molecule has 1 aromatic carbocycles. The summed E-state index contributed by atoms with van der Waals surface area (Å²) >= 11 is 0. The third kappa shape index (κ3) is 7.65. The maximum absolute atomic E-state index is 13.7. The largest absolute Gasteiger partial charge is 0.347 e. The predicted molar refractivity (Wildman–Crippen MR) is 164 cm³/mol. The van der Waals surface area contributed by atoms with Crippen molar-refractivity contribution >= 4 is 35.3 Å². The first-order valence-corrected chi connectivity index (χ1v) is 15.5. The zero-order valence-electron chi connectivity index (χ0n) is 26.9. The summed E-state index contributed by atoms with van der Waals surface area (Å²) in [4.78, 5) is 81.8. The number of Topliss-reactive ketones (excluding diaryl/α,β-unsaturated/α-hetero) is 1. The summed E-state index contributed by atoms with van der Waals surface area (Å²) < 4.78 is 0. The Balaban J connectivity index is 1.40. The van der Waals surface area contributed by atoms with Gasteiger partial charge in [0.2, 0.25) is 29.4 Å². The molecule has 11 nitrogen and oxygen atoms in total. The van der Waals surface area contributed by atoms with E-state index < -0.39 is 48.2 Å². The van der Waals surface area contributed by atoms with Gasteiger partial charge in [0, 0.05) is 27.1 Å². The summed E-state index contributed by atoms with van der Waals surface area (Å²) in [6.45, 7) is 10.1. The number of likely N-dealkylation sites (N-methyl/N-ethyl adjacent to an activating group) is 1. The molecule has 5 amide bonds. The molecule has 1 aliphatic heterocycles. The Kier molecular flexibility index (Phi) is 9.56. The average Bonchev–Trinajstić information content (AvgIpc) is 3.80. The minimum atomic E-state index is -1.06. The number of benzene rings is 1. The predicted octanol–water partition coefficient (Wildman–Crippen LogP) is 1.82. The summed E-state index contributed by atoms with van der Waals surface area (Å²) in [5, 5.41) is 7.83. The number of nitrogens with one attached hydrogen (secondary N) is 3. The van der Waals surface area contributed by atoms with E-state index in [2.05, 4.69) is 29.8 Å². The molecule has 3 aliphatic rings. The third-order valence-electron chi connectivity index (χ3n) is 9.14. The van der Waals surface area contributed by atoms with Gasteiger partial charge >= 0.3 is 0 Å². The highest BCUT2D eigenvalue weighted by Crippen LogP contribution is 2.65. The highest BCUT2D eigenvalue weighted by atomic mass is 16.2. The second-order valence-electron chi connectivity index (χ2n) is 14.6.